The normalized spacial score (nSPS) is 28.6. The van der Waals surface area contributed by atoms with Crippen LogP contribution in [0.4, 0.5) is 0 Å². The lowest BCUT2D eigenvalue weighted by molar-refractivity contribution is -0.151. The second-order valence-electron chi connectivity index (χ2n) is 5.63. The summed E-state index contributed by atoms with van der Waals surface area (Å²) in [6.45, 7) is 6.65. The molecule has 2 fully saturated rings. The standard InChI is InChI=1S/C14H26N2O2/c1-3-14(5-6-14)16-8-7-15-12-9-11(10-12)13(17)18-4-2/h11-12,15-16H,3-10H2,1-2H3. The van der Waals surface area contributed by atoms with Crippen LogP contribution in [0.3, 0.4) is 0 Å². The summed E-state index contributed by atoms with van der Waals surface area (Å²) in [5.74, 6) is 0.123. The molecule has 0 aromatic carbocycles. The molecule has 4 nitrogen and oxygen atoms in total. The van der Waals surface area contributed by atoms with Crippen molar-refractivity contribution in [3.63, 3.8) is 0 Å². The predicted molar refractivity (Wildman–Crippen MR) is 71.4 cm³/mol. The maximum absolute atomic E-state index is 11.4. The molecule has 2 aliphatic carbocycles. The highest BCUT2D eigenvalue weighted by molar-refractivity contribution is 5.73. The number of carbonyl (C=O) groups is 1. The second-order valence-corrected chi connectivity index (χ2v) is 5.63. The van der Waals surface area contributed by atoms with Crippen molar-refractivity contribution in [2.75, 3.05) is 19.7 Å². The van der Waals surface area contributed by atoms with Gasteiger partial charge in [-0.15, -0.1) is 0 Å². The van der Waals surface area contributed by atoms with Crippen LogP contribution in [0.2, 0.25) is 0 Å². The fourth-order valence-corrected chi connectivity index (χ4v) is 2.65. The lowest BCUT2D eigenvalue weighted by atomic mass is 9.80. The zero-order chi connectivity index (χ0) is 13.0. The van der Waals surface area contributed by atoms with Gasteiger partial charge in [-0.1, -0.05) is 6.92 Å². The largest absolute Gasteiger partial charge is 0.466 e. The van der Waals surface area contributed by atoms with E-state index in [9.17, 15) is 4.79 Å². The Morgan fingerprint density at radius 1 is 1.28 bits per heavy atom. The smallest absolute Gasteiger partial charge is 0.309 e. The minimum atomic E-state index is -0.0170. The molecule has 0 aromatic heterocycles. The van der Waals surface area contributed by atoms with Crippen molar-refractivity contribution in [2.45, 2.75) is 57.5 Å². The quantitative estimate of drug-likeness (QED) is 0.508. The Bertz CT molecular complexity index is 284. The Hall–Kier alpha value is -0.610. The van der Waals surface area contributed by atoms with Crippen molar-refractivity contribution < 1.29 is 9.53 Å². The maximum Gasteiger partial charge on any atom is 0.309 e. The Morgan fingerprint density at radius 2 is 2.00 bits per heavy atom. The molecule has 0 atom stereocenters. The van der Waals surface area contributed by atoms with Crippen molar-refractivity contribution in [2.24, 2.45) is 5.92 Å². The number of ether oxygens (including phenoxy) is 1. The number of nitrogens with one attached hydrogen (secondary N) is 2. The first-order valence-electron chi connectivity index (χ1n) is 7.34. The van der Waals surface area contributed by atoms with E-state index in [1.807, 2.05) is 6.92 Å². The molecule has 0 saturated heterocycles. The summed E-state index contributed by atoms with van der Waals surface area (Å²) in [6.07, 6.45) is 5.78. The molecule has 2 aliphatic rings. The molecule has 0 aliphatic heterocycles. The molecule has 18 heavy (non-hydrogen) atoms. The van der Waals surface area contributed by atoms with Gasteiger partial charge in [-0.05, 0) is 39.0 Å². The van der Waals surface area contributed by atoms with Gasteiger partial charge in [0.05, 0.1) is 12.5 Å². The molecule has 0 heterocycles. The van der Waals surface area contributed by atoms with Gasteiger partial charge < -0.3 is 15.4 Å². The fourth-order valence-electron chi connectivity index (χ4n) is 2.65. The number of rotatable bonds is 8. The Morgan fingerprint density at radius 3 is 2.56 bits per heavy atom. The lowest BCUT2D eigenvalue weighted by Crippen LogP contribution is -2.47. The van der Waals surface area contributed by atoms with Gasteiger partial charge in [-0.2, -0.15) is 0 Å². The summed E-state index contributed by atoms with van der Waals surface area (Å²) in [7, 11) is 0. The van der Waals surface area contributed by atoms with E-state index < -0.39 is 0 Å². The zero-order valence-corrected chi connectivity index (χ0v) is 11.6. The van der Waals surface area contributed by atoms with E-state index in [-0.39, 0.29) is 11.9 Å². The molecule has 0 bridgehead atoms. The third kappa shape index (κ3) is 3.45. The molecule has 0 radical (unpaired) electrons. The van der Waals surface area contributed by atoms with Gasteiger partial charge in [0, 0.05) is 24.7 Å². The monoisotopic (exact) mass is 254 g/mol. The van der Waals surface area contributed by atoms with E-state index in [4.69, 9.17) is 4.74 Å². The van der Waals surface area contributed by atoms with E-state index in [0.29, 0.717) is 18.2 Å². The van der Waals surface area contributed by atoms with Crippen LogP contribution in [0.5, 0.6) is 0 Å². The van der Waals surface area contributed by atoms with Crippen LogP contribution in [0.25, 0.3) is 0 Å². The zero-order valence-electron chi connectivity index (χ0n) is 11.6. The van der Waals surface area contributed by atoms with Crippen LogP contribution in [0.1, 0.15) is 46.0 Å². The lowest BCUT2D eigenvalue weighted by Gasteiger charge is -2.34. The minimum absolute atomic E-state index is 0.0170. The number of carbonyl (C=O) groups excluding carboxylic acids is 1. The average Bonchev–Trinajstić information content (AvgIpc) is 3.07. The number of hydrogen-bond donors (Lipinski definition) is 2. The van der Waals surface area contributed by atoms with Crippen LogP contribution < -0.4 is 10.6 Å². The fraction of sp³-hybridized carbons (Fsp3) is 0.929. The summed E-state index contributed by atoms with van der Waals surface area (Å²) < 4.78 is 5.01. The van der Waals surface area contributed by atoms with E-state index in [0.717, 1.165) is 25.9 Å². The molecule has 2 N–H and O–H groups in total. The van der Waals surface area contributed by atoms with E-state index in [1.165, 1.54) is 19.3 Å². The van der Waals surface area contributed by atoms with Gasteiger partial charge >= 0.3 is 5.97 Å². The third-order valence-corrected chi connectivity index (χ3v) is 4.35. The topological polar surface area (TPSA) is 50.4 Å². The second kappa shape index (κ2) is 6.02. The first kappa shape index (κ1) is 13.8. The molecule has 2 saturated carbocycles. The summed E-state index contributed by atoms with van der Waals surface area (Å²) in [5, 5.41) is 7.12. The van der Waals surface area contributed by atoms with E-state index >= 15 is 0 Å². The Labute approximate surface area is 110 Å². The minimum Gasteiger partial charge on any atom is -0.466 e. The molecular formula is C14H26N2O2. The predicted octanol–water partition coefficient (Wildman–Crippen LogP) is 1.45. The van der Waals surface area contributed by atoms with Gasteiger partial charge in [0.1, 0.15) is 0 Å². The van der Waals surface area contributed by atoms with Crippen LogP contribution in [-0.2, 0) is 9.53 Å². The maximum atomic E-state index is 11.4. The molecule has 0 spiro atoms. The highest BCUT2D eigenvalue weighted by Gasteiger charge is 2.40. The molecule has 4 heteroatoms. The van der Waals surface area contributed by atoms with Crippen molar-refractivity contribution >= 4 is 5.97 Å². The molecule has 0 aromatic rings. The van der Waals surface area contributed by atoms with Gasteiger partial charge in [0.2, 0.25) is 0 Å². The Balaban J connectivity index is 1.49. The van der Waals surface area contributed by atoms with Crippen LogP contribution in [0.15, 0.2) is 0 Å². The molecular weight excluding hydrogens is 228 g/mol. The summed E-state index contributed by atoms with van der Waals surface area (Å²) in [4.78, 5) is 11.4. The first-order valence-corrected chi connectivity index (χ1v) is 7.34. The van der Waals surface area contributed by atoms with Gasteiger partial charge in [0.25, 0.3) is 0 Å². The van der Waals surface area contributed by atoms with Gasteiger partial charge in [-0.25, -0.2) is 0 Å². The molecule has 2 rings (SSSR count). The number of hydrogen-bond acceptors (Lipinski definition) is 4. The van der Waals surface area contributed by atoms with E-state index in [1.54, 1.807) is 0 Å². The van der Waals surface area contributed by atoms with Crippen molar-refractivity contribution in [3.8, 4) is 0 Å². The highest BCUT2D eigenvalue weighted by atomic mass is 16.5. The summed E-state index contributed by atoms with van der Waals surface area (Å²) in [6, 6.07) is 0.512. The summed E-state index contributed by atoms with van der Waals surface area (Å²) >= 11 is 0. The van der Waals surface area contributed by atoms with Crippen molar-refractivity contribution in [1.29, 1.82) is 0 Å². The highest BCUT2D eigenvalue weighted by Crippen LogP contribution is 2.38. The van der Waals surface area contributed by atoms with E-state index in [2.05, 4.69) is 17.6 Å². The van der Waals surface area contributed by atoms with Gasteiger partial charge in [-0.3, -0.25) is 4.79 Å². The third-order valence-electron chi connectivity index (χ3n) is 4.35. The van der Waals surface area contributed by atoms with Crippen LogP contribution in [-0.4, -0.2) is 37.2 Å². The molecule has 0 unspecified atom stereocenters. The molecule has 0 amide bonds. The van der Waals surface area contributed by atoms with Crippen LogP contribution in [0, 0.1) is 5.92 Å². The summed E-state index contributed by atoms with van der Waals surface area (Å²) in [5.41, 5.74) is 0.467. The Kier molecular flexibility index (Phi) is 4.62. The van der Waals surface area contributed by atoms with Gasteiger partial charge in [0.15, 0.2) is 0 Å². The van der Waals surface area contributed by atoms with Crippen molar-refractivity contribution in [1.82, 2.24) is 10.6 Å². The van der Waals surface area contributed by atoms with Crippen molar-refractivity contribution in [3.05, 3.63) is 0 Å². The average molecular weight is 254 g/mol. The SMILES string of the molecule is CCOC(=O)C1CC(NCCNC2(CC)CC2)C1. The van der Waals surface area contributed by atoms with Crippen LogP contribution >= 0.6 is 0 Å². The number of esters is 1. The first-order chi connectivity index (χ1) is 8.69. The molecule has 104 valence electrons.